The molecule has 0 aromatic rings. The second kappa shape index (κ2) is 17.7. The number of nitrogens with zero attached hydrogens (tertiary/aromatic N) is 3. The topological polar surface area (TPSA) is 143 Å². The monoisotopic (exact) mass is 674 g/mol. The summed E-state index contributed by atoms with van der Waals surface area (Å²) in [5.41, 5.74) is 0. The minimum Gasteiger partial charge on any atom is -0.460 e. The van der Waals surface area contributed by atoms with Gasteiger partial charge in [0.05, 0.1) is 5.92 Å². The van der Waals surface area contributed by atoms with Crippen molar-refractivity contribution in [1.29, 1.82) is 0 Å². The van der Waals surface area contributed by atoms with Crippen molar-refractivity contribution in [1.82, 2.24) is 20.0 Å². The van der Waals surface area contributed by atoms with Gasteiger partial charge in [0, 0.05) is 27.1 Å². The van der Waals surface area contributed by atoms with E-state index in [4.69, 9.17) is 15.9 Å². The molecule has 0 aromatic carbocycles. The second-order valence-corrected chi connectivity index (χ2v) is 14.7. The van der Waals surface area contributed by atoms with E-state index in [9.17, 15) is 28.8 Å². The maximum atomic E-state index is 14.0. The van der Waals surface area contributed by atoms with Crippen molar-refractivity contribution < 1.29 is 38.2 Å². The first-order valence-electron chi connectivity index (χ1n) is 17.4. The first-order valence-corrected chi connectivity index (χ1v) is 17.4. The Hall–Kier alpha value is -3.62. The van der Waals surface area contributed by atoms with Gasteiger partial charge in [-0.1, -0.05) is 62.3 Å². The molecule has 48 heavy (non-hydrogen) atoms. The number of rotatable bonds is 7. The second-order valence-electron chi connectivity index (χ2n) is 14.7. The maximum absolute atomic E-state index is 14.0. The fraction of sp³-hybridized carbons (Fsp3) is 0.778. The van der Waals surface area contributed by atoms with E-state index in [1.165, 1.54) is 28.8 Å². The number of cyclic esters (lactones) is 2. The molecular formula is C36H58N4O8. The molecule has 0 radical (unpaired) electrons. The molecule has 1 N–H and O–H groups in total. The molecule has 2 rings (SSSR count). The molecule has 4 amide bonds. The lowest BCUT2D eigenvalue weighted by Gasteiger charge is -2.36. The van der Waals surface area contributed by atoms with Gasteiger partial charge in [0.2, 0.25) is 17.7 Å². The largest absolute Gasteiger partial charge is 0.460 e. The van der Waals surface area contributed by atoms with Crippen molar-refractivity contribution in [3.05, 3.63) is 0 Å². The van der Waals surface area contributed by atoms with Crippen LogP contribution >= 0.6 is 0 Å². The van der Waals surface area contributed by atoms with Crippen LogP contribution in [0.2, 0.25) is 0 Å². The molecule has 2 aliphatic rings. The Morgan fingerprint density at radius 2 is 1.33 bits per heavy atom. The van der Waals surface area contributed by atoms with Crippen LogP contribution in [0.1, 0.15) is 94.4 Å². The van der Waals surface area contributed by atoms with Gasteiger partial charge >= 0.3 is 11.9 Å². The van der Waals surface area contributed by atoms with Crippen molar-refractivity contribution in [2.45, 2.75) is 131 Å². The standard InChI is InChI=1S/C36H58N4O8/c1-13-14-15-18-26-24(10)31(41)37-27(20(2)3)33(43)39(12)29(22(6)7)36(46)48-30(23(8)9)34(44)40-19-16-17-25(40)32(42)38(11)28(21(4)5)35(45)47-26/h1,20-30H,14-19H2,2-12H3,(H,37,41)/t24-,25-,26?,27-,28+,29-,30-/m0/s1. The molecule has 12 nitrogen and oxygen atoms in total. The quantitative estimate of drug-likeness (QED) is 0.247. The molecule has 0 spiro atoms. The third-order valence-corrected chi connectivity index (χ3v) is 9.47. The Kier molecular flexibility index (Phi) is 14.9. The zero-order valence-electron chi connectivity index (χ0n) is 30.8. The van der Waals surface area contributed by atoms with E-state index >= 15 is 0 Å². The molecular weight excluding hydrogens is 616 g/mol. The summed E-state index contributed by atoms with van der Waals surface area (Å²) in [6.07, 6.45) is 5.48. The minimum absolute atomic E-state index is 0.283. The van der Waals surface area contributed by atoms with Crippen LogP contribution < -0.4 is 5.32 Å². The normalized spacial score (nSPS) is 29.0. The molecule has 2 fully saturated rings. The number of carbonyl (C=O) groups is 6. The summed E-state index contributed by atoms with van der Waals surface area (Å²) >= 11 is 0. The number of carbonyl (C=O) groups excluding carboxylic acids is 6. The van der Waals surface area contributed by atoms with Gasteiger partial charge in [-0.25, -0.2) is 9.59 Å². The highest BCUT2D eigenvalue weighted by molar-refractivity contribution is 5.95. The van der Waals surface area contributed by atoms with E-state index in [-0.39, 0.29) is 24.8 Å². The molecule has 7 atom stereocenters. The van der Waals surface area contributed by atoms with Crippen LogP contribution in [0.5, 0.6) is 0 Å². The predicted molar refractivity (Wildman–Crippen MR) is 181 cm³/mol. The van der Waals surface area contributed by atoms with E-state index in [0.29, 0.717) is 25.7 Å². The zero-order valence-corrected chi connectivity index (χ0v) is 30.8. The fourth-order valence-electron chi connectivity index (χ4n) is 6.60. The first-order chi connectivity index (χ1) is 22.4. The molecule has 2 saturated heterocycles. The Morgan fingerprint density at radius 3 is 1.83 bits per heavy atom. The number of hydrogen-bond acceptors (Lipinski definition) is 8. The summed E-state index contributed by atoms with van der Waals surface area (Å²) in [5.74, 6) is -3.23. The van der Waals surface area contributed by atoms with Gasteiger partial charge in [-0.3, -0.25) is 19.2 Å². The van der Waals surface area contributed by atoms with Gasteiger partial charge in [0.1, 0.15) is 30.3 Å². The number of ether oxygens (including phenoxy) is 2. The Bertz CT molecular complexity index is 1220. The average molecular weight is 675 g/mol. The van der Waals surface area contributed by atoms with Crippen molar-refractivity contribution in [3.8, 4) is 12.3 Å². The van der Waals surface area contributed by atoms with Crippen LogP contribution in [0.4, 0.5) is 0 Å². The van der Waals surface area contributed by atoms with Crippen LogP contribution in [0.3, 0.4) is 0 Å². The van der Waals surface area contributed by atoms with E-state index in [0.717, 1.165) is 0 Å². The summed E-state index contributed by atoms with van der Waals surface area (Å²) < 4.78 is 11.9. The lowest BCUT2D eigenvalue weighted by Crippen LogP contribution is -2.57. The number of likely N-dealkylation sites (N-methyl/N-ethyl adjacent to an activating group) is 2. The number of terminal acetylenes is 1. The molecule has 2 aliphatic heterocycles. The van der Waals surface area contributed by atoms with Crippen LogP contribution in [0.25, 0.3) is 0 Å². The Morgan fingerprint density at radius 1 is 0.792 bits per heavy atom. The first kappa shape index (κ1) is 40.6. The van der Waals surface area contributed by atoms with Crippen LogP contribution in [0.15, 0.2) is 0 Å². The molecule has 0 saturated carbocycles. The summed E-state index contributed by atoms with van der Waals surface area (Å²) in [6, 6.07) is -3.95. The lowest BCUT2D eigenvalue weighted by molar-refractivity contribution is -0.172. The smallest absolute Gasteiger partial charge is 0.329 e. The van der Waals surface area contributed by atoms with Gasteiger partial charge in [-0.2, -0.15) is 0 Å². The van der Waals surface area contributed by atoms with Crippen molar-refractivity contribution in [3.63, 3.8) is 0 Å². The predicted octanol–water partition coefficient (Wildman–Crippen LogP) is 3.02. The van der Waals surface area contributed by atoms with Crippen LogP contribution in [-0.4, -0.2) is 107 Å². The molecule has 2 heterocycles. The van der Waals surface area contributed by atoms with Gasteiger partial charge in [-0.05, 0) is 49.4 Å². The molecule has 1 unspecified atom stereocenters. The number of esters is 2. The average Bonchev–Trinajstić information content (AvgIpc) is 3.49. The van der Waals surface area contributed by atoms with Gasteiger partial charge in [-0.15, -0.1) is 12.3 Å². The number of fused-ring (bicyclic) bond motifs is 1. The summed E-state index contributed by atoms with van der Waals surface area (Å²) in [4.78, 5) is 87.5. The highest BCUT2D eigenvalue weighted by Gasteiger charge is 2.45. The Balaban J connectivity index is 2.71. The molecule has 0 aromatic heterocycles. The number of nitrogens with one attached hydrogen (secondary N) is 1. The van der Waals surface area contributed by atoms with E-state index in [1.807, 2.05) is 0 Å². The van der Waals surface area contributed by atoms with Crippen molar-refractivity contribution in [2.24, 2.45) is 29.6 Å². The van der Waals surface area contributed by atoms with Gasteiger partial charge in [0.15, 0.2) is 6.10 Å². The molecule has 0 aliphatic carbocycles. The minimum atomic E-state index is -1.21. The van der Waals surface area contributed by atoms with Crippen molar-refractivity contribution in [2.75, 3.05) is 20.6 Å². The highest BCUT2D eigenvalue weighted by Crippen LogP contribution is 2.27. The van der Waals surface area contributed by atoms with E-state index in [1.54, 1.807) is 62.3 Å². The van der Waals surface area contributed by atoms with E-state index in [2.05, 4.69) is 11.2 Å². The van der Waals surface area contributed by atoms with Crippen LogP contribution in [0, 0.1) is 41.9 Å². The zero-order chi connectivity index (χ0) is 36.6. The molecule has 0 bridgehead atoms. The van der Waals surface area contributed by atoms with Gasteiger partial charge < -0.3 is 29.5 Å². The SMILES string of the molecule is C#CCCCC1OC(=O)[C@@H](C(C)C)N(C)C(=O)[C@@H]2CCCN2C(=O)[C@H](C(C)C)OC(=O)[C@H](C(C)C)N(C)C(=O)[C@H](C(C)C)NC(=O)[C@H]1C. The number of amides is 4. The van der Waals surface area contributed by atoms with Gasteiger partial charge in [0.25, 0.3) is 5.91 Å². The summed E-state index contributed by atoms with van der Waals surface area (Å²) in [7, 11) is 3.00. The van der Waals surface area contributed by atoms with Crippen LogP contribution in [-0.2, 0) is 38.2 Å². The summed E-state index contributed by atoms with van der Waals surface area (Å²) in [5, 5.41) is 2.84. The van der Waals surface area contributed by atoms with E-state index < -0.39 is 89.7 Å². The fourth-order valence-corrected chi connectivity index (χ4v) is 6.60. The third kappa shape index (κ3) is 9.50. The number of unbranched alkanes of at least 4 members (excludes halogenated alkanes) is 1. The Labute approximate surface area is 287 Å². The summed E-state index contributed by atoms with van der Waals surface area (Å²) in [6.45, 7) is 16.1. The maximum Gasteiger partial charge on any atom is 0.329 e. The van der Waals surface area contributed by atoms with Crippen molar-refractivity contribution >= 4 is 35.6 Å². The lowest BCUT2D eigenvalue weighted by atomic mass is 9.95. The molecule has 12 heteroatoms. The number of hydrogen-bond donors (Lipinski definition) is 1. The molecule has 270 valence electrons. The highest BCUT2D eigenvalue weighted by atomic mass is 16.6. The third-order valence-electron chi connectivity index (χ3n) is 9.47.